The Kier molecular flexibility index (Phi) is 5.83. The molecule has 5 rings (SSSR count). The van der Waals surface area contributed by atoms with Crippen molar-refractivity contribution in [1.29, 1.82) is 0 Å². The summed E-state index contributed by atoms with van der Waals surface area (Å²) in [5.41, 5.74) is 4.97. The van der Waals surface area contributed by atoms with Gasteiger partial charge in [-0.25, -0.2) is 18.2 Å². The number of carbonyl (C=O) groups excluding carboxylic acids is 1. The van der Waals surface area contributed by atoms with Crippen molar-refractivity contribution in [3.8, 4) is 22.5 Å². The molecule has 0 spiro atoms. The van der Waals surface area contributed by atoms with E-state index in [-0.39, 0.29) is 10.6 Å². The molecule has 1 aliphatic rings. The highest BCUT2D eigenvalue weighted by Gasteiger charge is 2.39. The van der Waals surface area contributed by atoms with E-state index < -0.39 is 28.3 Å². The van der Waals surface area contributed by atoms with Crippen molar-refractivity contribution in [3.05, 3.63) is 89.2 Å². The van der Waals surface area contributed by atoms with Crippen LogP contribution in [0.4, 0.5) is 10.1 Å². The van der Waals surface area contributed by atoms with Gasteiger partial charge in [-0.2, -0.15) is 10.2 Å². The summed E-state index contributed by atoms with van der Waals surface area (Å²) >= 11 is 6.15. The molecule has 3 aromatic carbocycles. The molecule has 1 aromatic heterocycles. The second-order valence-corrected chi connectivity index (χ2v) is 9.93. The van der Waals surface area contributed by atoms with E-state index in [2.05, 4.69) is 20.7 Å². The fraction of sp³-hybridized carbons (Fsp3) is 0.0417. The summed E-state index contributed by atoms with van der Waals surface area (Å²) in [6.45, 7) is -0.544. The van der Waals surface area contributed by atoms with Crippen molar-refractivity contribution in [2.45, 2.75) is 4.90 Å². The van der Waals surface area contributed by atoms with Crippen LogP contribution >= 0.6 is 11.6 Å². The zero-order valence-corrected chi connectivity index (χ0v) is 19.5. The molecule has 11 heteroatoms. The first-order valence-corrected chi connectivity index (χ1v) is 12.2. The summed E-state index contributed by atoms with van der Waals surface area (Å²) in [5.74, 6) is -1.07. The van der Waals surface area contributed by atoms with Crippen molar-refractivity contribution in [2.75, 3.05) is 10.8 Å². The number of hydrogen-bond donors (Lipinski definition) is 2. The van der Waals surface area contributed by atoms with E-state index >= 15 is 0 Å². The maximum atomic E-state index is 13.6. The third-order valence-corrected chi connectivity index (χ3v) is 7.41. The molecule has 0 saturated carbocycles. The zero-order valence-electron chi connectivity index (χ0n) is 17.9. The molecule has 2 heterocycles. The summed E-state index contributed by atoms with van der Waals surface area (Å²) in [5, 5.41) is 11.6. The predicted octanol–water partition coefficient (Wildman–Crippen LogP) is 4.20. The molecule has 2 N–H and O–H groups in total. The SMILES string of the molecule is O=C(CN1c2c(-c3cccc(Cl)c3)n[nH]c2-c2ccccc2S1(=O)=O)N/N=C/c1ccc(F)cc1. The second-order valence-electron chi connectivity index (χ2n) is 7.66. The quantitative estimate of drug-likeness (QED) is 0.310. The van der Waals surface area contributed by atoms with Crippen LogP contribution in [0, 0.1) is 5.82 Å². The summed E-state index contributed by atoms with van der Waals surface area (Å²) in [6, 6.07) is 18.8. The largest absolute Gasteiger partial charge is 0.275 e. The lowest BCUT2D eigenvalue weighted by Crippen LogP contribution is -2.41. The minimum Gasteiger partial charge on any atom is -0.275 e. The Morgan fingerprint density at radius 2 is 1.89 bits per heavy atom. The molecule has 0 atom stereocenters. The number of anilines is 1. The molecule has 0 unspecified atom stereocenters. The van der Waals surface area contributed by atoms with Crippen LogP contribution in [0.5, 0.6) is 0 Å². The predicted molar refractivity (Wildman–Crippen MR) is 131 cm³/mol. The average Bonchev–Trinajstić information content (AvgIpc) is 3.28. The Labute approximate surface area is 205 Å². The first kappa shape index (κ1) is 22.8. The number of fused-ring (bicyclic) bond motifs is 3. The third-order valence-electron chi connectivity index (χ3n) is 5.37. The van der Waals surface area contributed by atoms with Gasteiger partial charge in [0.25, 0.3) is 15.9 Å². The van der Waals surface area contributed by atoms with Crippen LogP contribution in [0.1, 0.15) is 5.56 Å². The number of sulfonamides is 1. The smallest absolute Gasteiger partial charge is 0.265 e. The molecular weight excluding hydrogens is 493 g/mol. The Morgan fingerprint density at radius 3 is 2.66 bits per heavy atom. The summed E-state index contributed by atoms with van der Waals surface area (Å²) in [6.07, 6.45) is 1.33. The molecule has 0 saturated heterocycles. The van der Waals surface area contributed by atoms with Crippen molar-refractivity contribution in [2.24, 2.45) is 5.10 Å². The zero-order chi connectivity index (χ0) is 24.6. The van der Waals surface area contributed by atoms with Crippen LogP contribution in [0.15, 0.2) is 82.8 Å². The molecule has 1 amide bonds. The minimum absolute atomic E-state index is 0.0522. The summed E-state index contributed by atoms with van der Waals surface area (Å²) < 4.78 is 41.2. The molecule has 0 radical (unpaired) electrons. The number of nitrogens with zero attached hydrogens (tertiary/aromatic N) is 3. The van der Waals surface area contributed by atoms with E-state index in [1.165, 1.54) is 36.5 Å². The Bertz CT molecular complexity index is 1570. The lowest BCUT2D eigenvalue weighted by molar-refractivity contribution is -0.119. The number of carbonyl (C=O) groups is 1. The number of aromatic amines is 1. The third kappa shape index (κ3) is 4.29. The first-order valence-electron chi connectivity index (χ1n) is 10.4. The van der Waals surface area contributed by atoms with Crippen molar-refractivity contribution in [3.63, 3.8) is 0 Å². The number of benzene rings is 3. The van der Waals surface area contributed by atoms with Crippen molar-refractivity contribution in [1.82, 2.24) is 15.6 Å². The number of amides is 1. The number of aromatic nitrogens is 2. The van der Waals surface area contributed by atoms with Crippen LogP contribution in [-0.4, -0.2) is 37.3 Å². The molecule has 4 aromatic rings. The van der Waals surface area contributed by atoms with Gasteiger partial charge in [0.2, 0.25) is 0 Å². The highest BCUT2D eigenvalue weighted by atomic mass is 35.5. The second kappa shape index (κ2) is 8.97. The van der Waals surface area contributed by atoms with Gasteiger partial charge < -0.3 is 0 Å². The first-order chi connectivity index (χ1) is 16.8. The van der Waals surface area contributed by atoms with Crippen LogP contribution in [0.2, 0.25) is 5.02 Å². The molecule has 176 valence electrons. The van der Waals surface area contributed by atoms with Gasteiger partial charge in [0.05, 0.1) is 16.8 Å². The lowest BCUT2D eigenvalue weighted by atomic mass is 10.1. The number of halogens is 2. The van der Waals surface area contributed by atoms with Crippen LogP contribution in [-0.2, 0) is 14.8 Å². The lowest BCUT2D eigenvalue weighted by Gasteiger charge is -2.29. The standard InChI is InChI=1S/C24H17ClFN5O3S/c25-17-5-3-4-16(12-17)22-24-23(30-29-22)19-6-1-2-7-20(19)35(33,34)31(24)14-21(32)28-27-13-15-8-10-18(26)11-9-15/h1-13H,14H2,(H,28,32)(H,29,30)/b27-13+. The monoisotopic (exact) mass is 509 g/mol. The van der Waals surface area contributed by atoms with Crippen molar-refractivity contribution < 1.29 is 17.6 Å². The van der Waals surface area contributed by atoms with E-state index in [9.17, 15) is 17.6 Å². The molecular formula is C24H17ClFN5O3S. The topological polar surface area (TPSA) is 108 Å². The Balaban J connectivity index is 1.51. The van der Waals surface area contributed by atoms with Gasteiger partial charge in [0.15, 0.2) is 0 Å². The molecule has 35 heavy (non-hydrogen) atoms. The normalized spacial score (nSPS) is 13.9. The fourth-order valence-corrected chi connectivity index (χ4v) is 5.63. The van der Waals surface area contributed by atoms with E-state index in [1.54, 1.807) is 42.5 Å². The molecule has 0 fully saturated rings. The molecule has 8 nitrogen and oxygen atoms in total. The number of H-pyrrole nitrogens is 1. The summed E-state index contributed by atoms with van der Waals surface area (Å²) in [7, 11) is -4.10. The Morgan fingerprint density at radius 1 is 1.11 bits per heavy atom. The van der Waals surface area contributed by atoms with Gasteiger partial charge in [-0.15, -0.1) is 0 Å². The van der Waals surface area contributed by atoms with Gasteiger partial charge in [0.1, 0.15) is 23.7 Å². The molecule has 1 aliphatic heterocycles. The highest BCUT2D eigenvalue weighted by molar-refractivity contribution is 7.93. The van der Waals surface area contributed by atoms with Gasteiger partial charge in [0, 0.05) is 16.1 Å². The van der Waals surface area contributed by atoms with E-state index in [1.807, 2.05) is 0 Å². The van der Waals surface area contributed by atoms with Crippen LogP contribution in [0.3, 0.4) is 0 Å². The molecule has 0 aliphatic carbocycles. The number of hydrazone groups is 1. The highest BCUT2D eigenvalue weighted by Crippen LogP contribution is 2.46. The maximum absolute atomic E-state index is 13.6. The van der Waals surface area contributed by atoms with Crippen LogP contribution < -0.4 is 9.73 Å². The van der Waals surface area contributed by atoms with E-state index in [0.717, 1.165) is 4.31 Å². The van der Waals surface area contributed by atoms with Crippen molar-refractivity contribution >= 4 is 39.4 Å². The minimum atomic E-state index is -4.10. The van der Waals surface area contributed by atoms with Crippen LogP contribution in [0.25, 0.3) is 22.5 Å². The number of hydrogen-bond acceptors (Lipinski definition) is 5. The van der Waals surface area contributed by atoms with Gasteiger partial charge >= 0.3 is 0 Å². The number of rotatable bonds is 5. The van der Waals surface area contributed by atoms with E-state index in [0.29, 0.717) is 33.1 Å². The van der Waals surface area contributed by atoms with Gasteiger partial charge in [-0.3, -0.25) is 14.2 Å². The number of nitrogens with one attached hydrogen (secondary N) is 2. The summed E-state index contributed by atoms with van der Waals surface area (Å²) in [4.78, 5) is 12.8. The Hall–Kier alpha value is -4.02. The van der Waals surface area contributed by atoms with Gasteiger partial charge in [-0.1, -0.05) is 54.1 Å². The maximum Gasteiger partial charge on any atom is 0.265 e. The molecule has 0 bridgehead atoms. The average molecular weight is 510 g/mol. The fourth-order valence-electron chi connectivity index (χ4n) is 3.80. The van der Waals surface area contributed by atoms with Gasteiger partial charge in [-0.05, 0) is 35.9 Å². The van der Waals surface area contributed by atoms with E-state index in [4.69, 9.17) is 11.6 Å².